The number of carbonyl (C=O) groups excluding carboxylic acids is 1. The number of sulfonamides is 1. The number of H-pyrrole nitrogens is 1. The van der Waals surface area contributed by atoms with E-state index in [0.717, 1.165) is 29.9 Å². The third kappa shape index (κ3) is 3.34. The number of thiophene rings is 1. The van der Waals surface area contributed by atoms with Gasteiger partial charge in [-0.3, -0.25) is 15.3 Å². The number of hydrogen-bond acceptors (Lipinski definition) is 5. The number of amides is 1. The fourth-order valence-corrected chi connectivity index (χ4v) is 4.58. The van der Waals surface area contributed by atoms with Gasteiger partial charge in [-0.2, -0.15) is 5.10 Å². The average Bonchev–Trinajstić information content (AvgIpc) is 2.99. The molecule has 0 unspecified atom stereocenters. The number of carbonyl (C=O) groups is 1. The van der Waals surface area contributed by atoms with Crippen LogP contribution in [0.2, 0.25) is 0 Å². The SMILES string of the molecule is O=C(NNS(=O)(=O)c1ccc(Br)s1)c1cc(C2CC2)[nH]n1. The highest BCUT2D eigenvalue weighted by molar-refractivity contribution is 9.11. The van der Waals surface area contributed by atoms with Crippen LogP contribution in [0.5, 0.6) is 0 Å². The molecule has 2 aromatic heterocycles. The molecule has 0 aliphatic heterocycles. The van der Waals surface area contributed by atoms with Crippen LogP contribution in [0.15, 0.2) is 26.2 Å². The van der Waals surface area contributed by atoms with Crippen LogP contribution < -0.4 is 10.3 Å². The summed E-state index contributed by atoms with van der Waals surface area (Å²) in [5.74, 6) is -0.156. The molecule has 7 nitrogen and oxygen atoms in total. The van der Waals surface area contributed by atoms with Gasteiger partial charge in [-0.25, -0.2) is 8.42 Å². The summed E-state index contributed by atoms with van der Waals surface area (Å²) < 4.78 is 24.7. The lowest BCUT2D eigenvalue weighted by Crippen LogP contribution is -2.41. The van der Waals surface area contributed by atoms with Gasteiger partial charge in [0.15, 0.2) is 5.69 Å². The van der Waals surface area contributed by atoms with Gasteiger partial charge in [0.2, 0.25) is 0 Å². The minimum atomic E-state index is -3.77. The summed E-state index contributed by atoms with van der Waals surface area (Å²) in [6.07, 6.45) is 2.17. The van der Waals surface area contributed by atoms with Crippen molar-refractivity contribution in [1.82, 2.24) is 20.5 Å². The predicted octanol–water partition coefficient (Wildman–Crippen LogP) is 1.73. The Morgan fingerprint density at radius 2 is 2.19 bits per heavy atom. The van der Waals surface area contributed by atoms with Gasteiger partial charge in [-0.15, -0.1) is 16.2 Å². The van der Waals surface area contributed by atoms with E-state index in [0.29, 0.717) is 9.70 Å². The standard InChI is InChI=1S/C11H11BrN4O3S2/c12-9-3-4-10(20-9)21(18,19)16-15-11(17)8-5-7(13-14-8)6-1-2-6/h3-6,16H,1-2H2,(H,13,14)(H,15,17). The molecule has 10 heteroatoms. The minimum Gasteiger partial charge on any atom is -0.281 e. The first-order valence-electron chi connectivity index (χ1n) is 6.08. The van der Waals surface area contributed by atoms with Crippen molar-refractivity contribution in [3.05, 3.63) is 33.4 Å². The van der Waals surface area contributed by atoms with E-state index in [9.17, 15) is 13.2 Å². The maximum absolute atomic E-state index is 11.9. The maximum Gasteiger partial charge on any atom is 0.286 e. The Morgan fingerprint density at radius 1 is 1.43 bits per heavy atom. The highest BCUT2D eigenvalue weighted by atomic mass is 79.9. The first kappa shape index (κ1) is 14.7. The highest BCUT2D eigenvalue weighted by Gasteiger charge is 2.26. The molecule has 21 heavy (non-hydrogen) atoms. The van der Waals surface area contributed by atoms with Crippen molar-refractivity contribution in [3.63, 3.8) is 0 Å². The van der Waals surface area contributed by atoms with E-state index in [1.54, 1.807) is 12.1 Å². The Bertz CT molecular complexity index is 779. The van der Waals surface area contributed by atoms with E-state index in [2.05, 4.69) is 31.6 Å². The zero-order valence-corrected chi connectivity index (χ0v) is 13.8. The molecule has 112 valence electrons. The summed E-state index contributed by atoms with van der Waals surface area (Å²) in [4.78, 5) is 13.9. The lowest BCUT2D eigenvalue weighted by Gasteiger charge is -2.04. The van der Waals surface area contributed by atoms with E-state index in [4.69, 9.17) is 0 Å². The second-order valence-corrected chi connectivity index (χ2v) is 8.97. The molecule has 1 aliphatic rings. The second kappa shape index (κ2) is 5.52. The highest BCUT2D eigenvalue weighted by Crippen LogP contribution is 2.38. The summed E-state index contributed by atoms with van der Waals surface area (Å²) in [6.45, 7) is 0. The summed E-state index contributed by atoms with van der Waals surface area (Å²) in [5.41, 5.74) is 3.22. The van der Waals surface area contributed by atoms with Gasteiger partial charge in [0.05, 0.1) is 3.79 Å². The number of halogens is 1. The van der Waals surface area contributed by atoms with Gasteiger partial charge in [0.1, 0.15) is 4.21 Å². The molecule has 3 rings (SSSR count). The van der Waals surface area contributed by atoms with Gasteiger partial charge in [-0.1, -0.05) is 0 Å². The van der Waals surface area contributed by atoms with Crippen LogP contribution in [-0.4, -0.2) is 24.5 Å². The zero-order chi connectivity index (χ0) is 15.0. The van der Waals surface area contributed by atoms with E-state index in [1.807, 2.05) is 4.83 Å². The van der Waals surface area contributed by atoms with Crippen molar-refractivity contribution < 1.29 is 13.2 Å². The first-order chi connectivity index (χ1) is 9.95. The van der Waals surface area contributed by atoms with Crippen LogP contribution in [0, 0.1) is 0 Å². The summed E-state index contributed by atoms with van der Waals surface area (Å²) in [6, 6.07) is 4.71. The Kier molecular flexibility index (Phi) is 3.86. The summed E-state index contributed by atoms with van der Waals surface area (Å²) in [5, 5.41) is 6.67. The quantitative estimate of drug-likeness (QED) is 0.676. The molecule has 2 heterocycles. The Labute approximate surface area is 133 Å². The molecule has 1 aliphatic carbocycles. The Hall–Kier alpha value is -1.23. The van der Waals surface area contributed by atoms with E-state index in [1.165, 1.54) is 6.07 Å². The molecule has 0 atom stereocenters. The lowest BCUT2D eigenvalue weighted by molar-refractivity contribution is 0.0940. The zero-order valence-electron chi connectivity index (χ0n) is 10.6. The lowest BCUT2D eigenvalue weighted by atomic mass is 10.2. The van der Waals surface area contributed by atoms with Crippen molar-refractivity contribution >= 4 is 43.2 Å². The molecule has 0 spiro atoms. The van der Waals surface area contributed by atoms with Crippen molar-refractivity contribution in [2.45, 2.75) is 23.0 Å². The van der Waals surface area contributed by atoms with Gasteiger partial charge in [0.25, 0.3) is 15.9 Å². The number of aromatic nitrogens is 2. The average molecular weight is 391 g/mol. The fourth-order valence-electron chi connectivity index (χ4n) is 1.73. The topological polar surface area (TPSA) is 104 Å². The number of hydrazine groups is 1. The second-order valence-electron chi connectivity index (χ2n) is 4.60. The molecule has 1 amide bonds. The molecule has 0 radical (unpaired) electrons. The number of hydrogen-bond donors (Lipinski definition) is 3. The van der Waals surface area contributed by atoms with Crippen molar-refractivity contribution in [3.8, 4) is 0 Å². The molecule has 0 aromatic carbocycles. The van der Waals surface area contributed by atoms with Gasteiger partial charge < -0.3 is 0 Å². The molecule has 1 saturated carbocycles. The Balaban J connectivity index is 1.64. The van der Waals surface area contributed by atoms with Crippen LogP contribution >= 0.6 is 27.3 Å². The molecule has 2 aromatic rings. The van der Waals surface area contributed by atoms with E-state index < -0.39 is 15.9 Å². The fraction of sp³-hybridized carbons (Fsp3) is 0.273. The number of nitrogens with one attached hydrogen (secondary N) is 3. The minimum absolute atomic E-state index is 0.107. The normalized spacial score (nSPS) is 15.1. The van der Waals surface area contributed by atoms with Crippen LogP contribution in [-0.2, 0) is 10.0 Å². The van der Waals surface area contributed by atoms with Crippen LogP contribution in [0.25, 0.3) is 0 Å². The Morgan fingerprint density at radius 3 is 2.81 bits per heavy atom. The van der Waals surface area contributed by atoms with Gasteiger partial charge in [0, 0.05) is 11.6 Å². The number of aromatic amines is 1. The van der Waals surface area contributed by atoms with Crippen LogP contribution in [0.4, 0.5) is 0 Å². The van der Waals surface area contributed by atoms with Crippen molar-refractivity contribution in [2.75, 3.05) is 0 Å². The predicted molar refractivity (Wildman–Crippen MR) is 80.4 cm³/mol. The van der Waals surface area contributed by atoms with Crippen LogP contribution in [0.1, 0.15) is 34.9 Å². The molecular formula is C11H11BrN4O3S2. The van der Waals surface area contributed by atoms with E-state index in [-0.39, 0.29) is 9.90 Å². The smallest absolute Gasteiger partial charge is 0.281 e. The first-order valence-corrected chi connectivity index (χ1v) is 9.18. The third-order valence-electron chi connectivity index (χ3n) is 2.96. The molecular weight excluding hydrogens is 380 g/mol. The third-order valence-corrected chi connectivity index (χ3v) is 6.32. The van der Waals surface area contributed by atoms with Crippen LogP contribution in [0.3, 0.4) is 0 Å². The summed E-state index contributed by atoms with van der Waals surface area (Å²) in [7, 11) is -3.77. The van der Waals surface area contributed by atoms with Crippen molar-refractivity contribution in [1.29, 1.82) is 0 Å². The number of rotatable bonds is 5. The molecule has 0 bridgehead atoms. The maximum atomic E-state index is 11.9. The van der Waals surface area contributed by atoms with Gasteiger partial charge >= 0.3 is 0 Å². The molecule has 0 saturated heterocycles. The molecule has 3 N–H and O–H groups in total. The van der Waals surface area contributed by atoms with Crippen molar-refractivity contribution in [2.24, 2.45) is 0 Å². The summed E-state index contributed by atoms with van der Waals surface area (Å²) >= 11 is 4.24. The van der Waals surface area contributed by atoms with E-state index >= 15 is 0 Å². The monoisotopic (exact) mass is 390 g/mol. The number of nitrogens with zero attached hydrogens (tertiary/aromatic N) is 1. The largest absolute Gasteiger partial charge is 0.286 e. The van der Waals surface area contributed by atoms with Gasteiger partial charge in [-0.05, 0) is 47.0 Å². The molecule has 1 fully saturated rings.